The van der Waals surface area contributed by atoms with Crippen molar-refractivity contribution < 1.29 is 9.53 Å². The number of nitrogens with zero attached hydrogens (tertiary/aromatic N) is 2. The van der Waals surface area contributed by atoms with Crippen LogP contribution in [0.2, 0.25) is 5.02 Å². The van der Waals surface area contributed by atoms with Gasteiger partial charge in [-0.3, -0.25) is 0 Å². The molecule has 130 valence electrons. The zero-order valence-corrected chi connectivity index (χ0v) is 14.6. The lowest BCUT2D eigenvalue weighted by atomic mass is 10.1. The molecule has 0 radical (unpaired) electrons. The fourth-order valence-electron chi connectivity index (χ4n) is 4.05. The van der Waals surface area contributed by atoms with Crippen molar-refractivity contribution in [1.29, 1.82) is 0 Å². The van der Waals surface area contributed by atoms with Gasteiger partial charge in [0.25, 0.3) is 0 Å². The number of nitrogens with one attached hydrogen (secondary N) is 1. The molecule has 0 saturated carbocycles. The molecule has 0 spiro atoms. The third-order valence-corrected chi connectivity index (χ3v) is 5.50. The second-order valence-corrected chi connectivity index (χ2v) is 7.52. The van der Waals surface area contributed by atoms with Gasteiger partial charge >= 0.3 is 6.03 Å². The first-order valence-corrected chi connectivity index (χ1v) is 9.30. The molecule has 1 atom stereocenters. The van der Waals surface area contributed by atoms with Gasteiger partial charge in [0.1, 0.15) is 5.75 Å². The smallest absolute Gasteiger partial charge is 0.321 e. The van der Waals surface area contributed by atoms with Crippen molar-refractivity contribution in [1.82, 2.24) is 9.80 Å². The van der Waals surface area contributed by atoms with Crippen molar-refractivity contribution in [2.45, 2.75) is 25.7 Å². The van der Waals surface area contributed by atoms with Crippen LogP contribution in [0.5, 0.6) is 5.75 Å². The molecule has 3 aliphatic rings. The van der Waals surface area contributed by atoms with E-state index in [1.807, 2.05) is 11.0 Å². The molecule has 1 N–H and O–H groups in total. The summed E-state index contributed by atoms with van der Waals surface area (Å²) in [5, 5.41) is 3.64. The number of likely N-dealkylation sites (tertiary alicyclic amines) is 2. The van der Waals surface area contributed by atoms with Gasteiger partial charge in [-0.15, -0.1) is 0 Å². The highest BCUT2D eigenvalue weighted by molar-refractivity contribution is 6.31. The highest BCUT2D eigenvalue weighted by atomic mass is 35.5. The number of anilines is 1. The summed E-state index contributed by atoms with van der Waals surface area (Å²) < 4.78 is 5.66. The average molecular weight is 350 g/mol. The lowest BCUT2D eigenvalue weighted by molar-refractivity contribution is 0.217. The molecule has 1 aromatic rings. The Hall–Kier alpha value is -1.46. The maximum Gasteiger partial charge on any atom is 0.321 e. The number of benzene rings is 1. The molecule has 3 aliphatic heterocycles. The molecule has 0 unspecified atom stereocenters. The van der Waals surface area contributed by atoms with Gasteiger partial charge in [0, 0.05) is 36.6 Å². The van der Waals surface area contributed by atoms with Crippen molar-refractivity contribution in [3.8, 4) is 5.75 Å². The number of hydrogen-bond donors (Lipinski definition) is 1. The lowest BCUT2D eigenvalue weighted by Crippen LogP contribution is -2.34. The molecule has 6 heteroatoms. The third kappa shape index (κ3) is 3.33. The van der Waals surface area contributed by atoms with E-state index in [-0.39, 0.29) is 6.03 Å². The lowest BCUT2D eigenvalue weighted by Gasteiger charge is -2.21. The summed E-state index contributed by atoms with van der Waals surface area (Å²) in [6.45, 7) is 5.88. The predicted octanol–water partition coefficient (Wildman–Crippen LogP) is 3.22. The number of amides is 2. The molecule has 0 aliphatic carbocycles. The van der Waals surface area contributed by atoms with Crippen LogP contribution in [0.1, 0.15) is 24.8 Å². The second-order valence-electron chi connectivity index (χ2n) is 7.08. The highest BCUT2D eigenvalue weighted by Crippen LogP contribution is 2.37. The molecule has 24 heavy (non-hydrogen) atoms. The van der Waals surface area contributed by atoms with Crippen molar-refractivity contribution in [3.05, 3.63) is 22.7 Å². The zero-order valence-electron chi connectivity index (χ0n) is 13.9. The molecular formula is C18H24ClN3O2. The van der Waals surface area contributed by atoms with Gasteiger partial charge in [0.2, 0.25) is 0 Å². The Kier molecular flexibility index (Phi) is 4.55. The molecular weight excluding hydrogens is 326 g/mol. The molecule has 2 amide bonds. The van der Waals surface area contributed by atoms with Crippen LogP contribution in [0.4, 0.5) is 10.5 Å². The normalized spacial score (nSPS) is 23.4. The number of halogens is 1. The van der Waals surface area contributed by atoms with Crippen LogP contribution in [-0.2, 0) is 6.42 Å². The minimum absolute atomic E-state index is 0.0427. The Balaban J connectivity index is 1.37. The molecule has 4 rings (SSSR count). The third-order valence-electron chi connectivity index (χ3n) is 5.28. The maximum atomic E-state index is 12.6. The number of hydrogen-bond acceptors (Lipinski definition) is 3. The minimum atomic E-state index is -0.0427. The molecule has 5 nitrogen and oxygen atoms in total. The molecule has 2 fully saturated rings. The van der Waals surface area contributed by atoms with Crippen LogP contribution in [0.25, 0.3) is 0 Å². The number of fused-ring (bicyclic) bond motifs is 1. The number of urea groups is 1. The first-order chi connectivity index (χ1) is 11.7. The first kappa shape index (κ1) is 16.0. The fourth-order valence-corrected chi connectivity index (χ4v) is 4.29. The van der Waals surface area contributed by atoms with E-state index >= 15 is 0 Å². The summed E-state index contributed by atoms with van der Waals surface area (Å²) in [6.07, 6.45) is 4.57. The highest BCUT2D eigenvalue weighted by Gasteiger charge is 2.29. The van der Waals surface area contributed by atoms with Gasteiger partial charge in [-0.2, -0.15) is 0 Å². The largest absolute Gasteiger partial charge is 0.491 e. The van der Waals surface area contributed by atoms with E-state index in [1.165, 1.54) is 25.9 Å². The van der Waals surface area contributed by atoms with Gasteiger partial charge in [-0.05, 0) is 50.4 Å². The molecule has 1 aromatic carbocycles. The van der Waals surface area contributed by atoms with Gasteiger partial charge < -0.3 is 19.9 Å². The summed E-state index contributed by atoms with van der Waals surface area (Å²) in [6, 6.07) is 3.65. The summed E-state index contributed by atoms with van der Waals surface area (Å²) in [7, 11) is 0. The van der Waals surface area contributed by atoms with E-state index < -0.39 is 0 Å². The standard InChI is InChI=1S/C18H24ClN3O2/c19-15-9-14-4-8-24-17(14)16(10-15)20-18(23)22-7-3-13(12-22)11-21-5-1-2-6-21/h9-10,13H,1-8,11-12H2,(H,20,23)/t13-/m0/s1. The van der Waals surface area contributed by atoms with Gasteiger partial charge in [-0.25, -0.2) is 4.79 Å². The molecule has 0 bridgehead atoms. The van der Waals surface area contributed by atoms with Gasteiger partial charge in [0.05, 0.1) is 12.3 Å². The van der Waals surface area contributed by atoms with Gasteiger partial charge in [-0.1, -0.05) is 11.6 Å². The van der Waals surface area contributed by atoms with Crippen molar-refractivity contribution >= 4 is 23.3 Å². The van der Waals surface area contributed by atoms with Crippen LogP contribution in [0.15, 0.2) is 12.1 Å². The van der Waals surface area contributed by atoms with E-state index in [0.29, 0.717) is 23.2 Å². The SMILES string of the molecule is O=C(Nc1cc(Cl)cc2c1OCC2)N1CC[C@@H](CN2CCCC2)C1. The minimum Gasteiger partial charge on any atom is -0.491 e. The first-order valence-electron chi connectivity index (χ1n) is 8.92. The maximum absolute atomic E-state index is 12.6. The van der Waals surface area contributed by atoms with Crippen LogP contribution in [-0.4, -0.2) is 55.2 Å². The number of rotatable bonds is 3. The quantitative estimate of drug-likeness (QED) is 0.911. The van der Waals surface area contributed by atoms with E-state index in [0.717, 1.165) is 43.8 Å². The van der Waals surface area contributed by atoms with Crippen molar-refractivity contribution in [2.24, 2.45) is 5.92 Å². The molecule has 3 heterocycles. The number of carbonyl (C=O) groups is 1. The Bertz CT molecular complexity index is 631. The van der Waals surface area contributed by atoms with E-state index in [4.69, 9.17) is 16.3 Å². The Morgan fingerprint density at radius 1 is 1.29 bits per heavy atom. The van der Waals surface area contributed by atoms with E-state index in [1.54, 1.807) is 6.07 Å². The van der Waals surface area contributed by atoms with Crippen LogP contribution in [0.3, 0.4) is 0 Å². The predicted molar refractivity (Wildman–Crippen MR) is 95.0 cm³/mol. The van der Waals surface area contributed by atoms with Gasteiger partial charge in [0.15, 0.2) is 0 Å². The second kappa shape index (κ2) is 6.81. The average Bonchev–Trinajstić information content (AvgIpc) is 3.28. The van der Waals surface area contributed by atoms with E-state index in [2.05, 4.69) is 10.2 Å². The Morgan fingerprint density at radius 3 is 2.96 bits per heavy atom. The fraction of sp³-hybridized carbons (Fsp3) is 0.611. The van der Waals surface area contributed by atoms with Crippen LogP contribution < -0.4 is 10.1 Å². The Labute approximate surface area is 147 Å². The molecule has 2 saturated heterocycles. The summed E-state index contributed by atoms with van der Waals surface area (Å²) in [4.78, 5) is 17.1. The van der Waals surface area contributed by atoms with Crippen molar-refractivity contribution in [2.75, 3.05) is 44.6 Å². The topological polar surface area (TPSA) is 44.8 Å². The number of carbonyl (C=O) groups excluding carboxylic acids is 1. The summed E-state index contributed by atoms with van der Waals surface area (Å²) in [5.74, 6) is 1.37. The molecule has 0 aromatic heterocycles. The summed E-state index contributed by atoms with van der Waals surface area (Å²) in [5.41, 5.74) is 1.77. The monoisotopic (exact) mass is 349 g/mol. The Morgan fingerprint density at radius 2 is 2.12 bits per heavy atom. The van der Waals surface area contributed by atoms with Crippen LogP contribution >= 0.6 is 11.6 Å². The van der Waals surface area contributed by atoms with Crippen LogP contribution in [0, 0.1) is 5.92 Å². The van der Waals surface area contributed by atoms with E-state index in [9.17, 15) is 4.79 Å². The number of ether oxygens (including phenoxy) is 1. The van der Waals surface area contributed by atoms with Crippen molar-refractivity contribution in [3.63, 3.8) is 0 Å². The zero-order chi connectivity index (χ0) is 16.5. The summed E-state index contributed by atoms with van der Waals surface area (Å²) >= 11 is 6.16.